The van der Waals surface area contributed by atoms with Gasteiger partial charge in [0, 0.05) is 43.6 Å². The van der Waals surface area contributed by atoms with E-state index in [1.165, 1.54) is 18.5 Å². The average molecular weight is 567 g/mol. The highest BCUT2D eigenvalue weighted by Gasteiger charge is 2.44. The fourth-order valence-electron chi connectivity index (χ4n) is 3.90. The molecule has 9 nitrogen and oxygen atoms in total. The van der Waals surface area contributed by atoms with Crippen LogP contribution in [0.3, 0.4) is 0 Å². The molecule has 0 radical (unpaired) electrons. The molecule has 1 unspecified atom stereocenters. The summed E-state index contributed by atoms with van der Waals surface area (Å²) >= 11 is 5.69. The van der Waals surface area contributed by atoms with E-state index in [-0.39, 0.29) is 53.8 Å². The minimum absolute atomic E-state index is 0.0410. The summed E-state index contributed by atoms with van der Waals surface area (Å²) in [4.78, 5) is 33.8. The minimum atomic E-state index is -4.69. The number of rotatable bonds is 8. The van der Waals surface area contributed by atoms with E-state index in [1.54, 1.807) is 13.1 Å². The zero-order chi connectivity index (χ0) is 28.2. The van der Waals surface area contributed by atoms with E-state index in [9.17, 15) is 27.2 Å². The molecule has 3 aromatic rings. The summed E-state index contributed by atoms with van der Waals surface area (Å²) in [5.41, 5.74) is -2.11. The van der Waals surface area contributed by atoms with Crippen LogP contribution in [0.25, 0.3) is 0 Å². The van der Waals surface area contributed by atoms with Crippen LogP contribution in [0.5, 0.6) is 0 Å². The van der Waals surface area contributed by atoms with Gasteiger partial charge in [-0.2, -0.15) is 13.2 Å². The van der Waals surface area contributed by atoms with E-state index >= 15 is 0 Å². The molecule has 3 heterocycles. The first-order valence-corrected chi connectivity index (χ1v) is 12.0. The van der Waals surface area contributed by atoms with Gasteiger partial charge in [-0.3, -0.25) is 19.6 Å². The number of ether oxygens (including phenoxy) is 1. The van der Waals surface area contributed by atoms with Crippen molar-refractivity contribution in [3.8, 4) is 0 Å². The Kier molecular flexibility index (Phi) is 8.21. The number of carbonyl (C=O) groups excluding carboxylic acids is 2. The fourth-order valence-corrected chi connectivity index (χ4v) is 4.08. The molecule has 0 bridgehead atoms. The van der Waals surface area contributed by atoms with Crippen LogP contribution in [0.1, 0.15) is 28.0 Å². The first kappa shape index (κ1) is 28.0. The van der Waals surface area contributed by atoms with E-state index in [2.05, 4.69) is 31.2 Å². The van der Waals surface area contributed by atoms with Crippen LogP contribution < -0.4 is 21.3 Å². The average Bonchev–Trinajstić information content (AvgIpc) is 3.38. The highest BCUT2D eigenvalue weighted by molar-refractivity contribution is 6.30. The number of carbonyl (C=O) groups is 2. The number of pyridine rings is 2. The summed E-state index contributed by atoms with van der Waals surface area (Å²) in [6.07, 6.45) is -0.480. The van der Waals surface area contributed by atoms with Crippen molar-refractivity contribution in [1.82, 2.24) is 20.6 Å². The molecular weight excluding hydrogens is 544 g/mol. The van der Waals surface area contributed by atoms with Crippen LogP contribution in [0.15, 0.2) is 48.9 Å². The van der Waals surface area contributed by atoms with Gasteiger partial charge in [0.1, 0.15) is 11.4 Å². The number of hydrogen-bond acceptors (Lipinski definition) is 7. The first-order chi connectivity index (χ1) is 18.5. The van der Waals surface area contributed by atoms with Crippen molar-refractivity contribution in [3.63, 3.8) is 0 Å². The van der Waals surface area contributed by atoms with Crippen LogP contribution >= 0.6 is 11.6 Å². The third kappa shape index (κ3) is 6.55. The molecule has 2 amide bonds. The van der Waals surface area contributed by atoms with Gasteiger partial charge < -0.3 is 26.0 Å². The number of alkyl halides is 3. The van der Waals surface area contributed by atoms with Crippen molar-refractivity contribution in [2.75, 3.05) is 30.9 Å². The van der Waals surface area contributed by atoms with Gasteiger partial charge in [0.15, 0.2) is 0 Å². The molecule has 1 aliphatic heterocycles. The van der Waals surface area contributed by atoms with Gasteiger partial charge in [-0.25, -0.2) is 4.39 Å². The van der Waals surface area contributed by atoms with Crippen molar-refractivity contribution in [2.24, 2.45) is 0 Å². The summed E-state index contributed by atoms with van der Waals surface area (Å²) < 4.78 is 60.2. The monoisotopic (exact) mass is 566 g/mol. The second-order valence-corrected chi connectivity index (χ2v) is 9.14. The lowest BCUT2D eigenvalue weighted by molar-refractivity contribution is -0.137. The van der Waals surface area contributed by atoms with Crippen molar-refractivity contribution >= 4 is 40.5 Å². The second kappa shape index (κ2) is 11.4. The first-order valence-electron chi connectivity index (χ1n) is 11.6. The largest absolute Gasteiger partial charge is 0.418 e. The number of amides is 2. The van der Waals surface area contributed by atoms with E-state index in [0.29, 0.717) is 5.69 Å². The van der Waals surface area contributed by atoms with Gasteiger partial charge in [0.05, 0.1) is 53.2 Å². The maximum absolute atomic E-state index is 14.8. The molecule has 4 N–H and O–H groups in total. The van der Waals surface area contributed by atoms with Crippen LogP contribution in [0.2, 0.25) is 5.02 Å². The Morgan fingerprint density at radius 3 is 2.59 bits per heavy atom. The lowest BCUT2D eigenvalue weighted by Crippen LogP contribution is -2.59. The molecule has 4 rings (SSSR count). The molecule has 1 aromatic carbocycles. The molecular formula is C25H23ClF4N6O3. The van der Waals surface area contributed by atoms with Gasteiger partial charge in [0.2, 0.25) is 5.91 Å². The third-order valence-electron chi connectivity index (χ3n) is 6.00. The normalized spacial score (nSPS) is 17.0. The van der Waals surface area contributed by atoms with E-state index < -0.39 is 34.9 Å². The predicted molar refractivity (Wildman–Crippen MR) is 135 cm³/mol. The zero-order valence-electron chi connectivity index (χ0n) is 20.5. The Morgan fingerprint density at radius 2 is 1.92 bits per heavy atom. The number of anilines is 3. The minimum Gasteiger partial charge on any atom is -0.387 e. The lowest BCUT2D eigenvalue weighted by atomic mass is 9.96. The number of hydrogen-bond donors (Lipinski definition) is 4. The van der Waals surface area contributed by atoms with Crippen molar-refractivity contribution in [2.45, 2.75) is 24.7 Å². The Balaban J connectivity index is 1.44. The molecule has 39 heavy (non-hydrogen) atoms. The molecule has 1 saturated heterocycles. The zero-order valence-corrected chi connectivity index (χ0v) is 21.2. The Hall–Kier alpha value is -3.97. The Morgan fingerprint density at radius 1 is 1.13 bits per heavy atom. The number of nitrogens with zero attached hydrogens (tertiary/aromatic N) is 2. The molecule has 0 saturated carbocycles. The maximum Gasteiger partial charge on any atom is 0.418 e. The van der Waals surface area contributed by atoms with Crippen molar-refractivity contribution < 1.29 is 31.9 Å². The van der Waals surface area contributed by atoms with Crippen molar-refractivity contribution in [1.29, 1.82) is 0 Å². The summed E-state index contributed by atoms with van der Waals surface area (Å²) in [5, 5.41) is 10.5. The fraction of sp³-hybridized carbons (Fsp3) is 0.280. The van der Waals surface area contributed by atoms with Gasteiger partial charge in [0.25, 0.3) is 5.91 Å². The molecule has 1 aliphatic rings. The van der Waals surface area contributed by atoms with Crippen LogP contribution in [0, 0.1) is 5.82 Å². The van der Waals surface area contributed by atoms with Crippen LogP contribution in [-0.4, -0.2) is 47.6 Å². The van der Waals surface area contributed by atoms with Crippen LogP contribution in [0.4, 0.5) is 34.6 Å². The van der Waals surface area contributed by atoms with E-state index in [1.807, 2.05) is 0 Å². The number of benzene rings is 1. The van der Waals surface area contributed by atoms with Gasteiger partial charge in [-0.15, -0.1) is 0 Å². The van der Waals surface area contributed by atoms with E-state index in [4.69, 9.17) is 16.3 Å². The number of halogens is 5. The summed E-state index contributed by atoms with van der Waals surface area (Å²) in [5.74, 6) is -2.01. The molecule has 0 spiro atoms. The van der Waals surface area contributed by atoms with Gasteiger partial charge in [-0.1, -0.05) is 11.6 Å². The van der Waals surface area contributed by atoms with Gasteiger partial charge in [-0.05, 0) is 24.3 Å². The summed E-state index contributed by atoms with van der Waals surface area (Å²) in [6, 6.07) is 5.68. The summed E-state index contributed by atoms with van der Waals surface area (Å²) in [6.45, 7) is -0.209. The highest BCUT2D eigenvalue weighted by Crippen LogP contribution is 2.37. The van der Waals surface area contributed by atoms with E-state index in [0.717, 1.165) is 24.4 Å². The molecule has 1 atom stereocenters. The van der Waals surface area contributed by atoms with Crippen LogP contribution in [-0.2, 0) is 22.3 Å². The second-order valence-electron chi connectivity index (χ2n) is 8.70. The molecule has 2 aromatic heterocycles. The SMILES string of the molecule is CNc1cncc(C(=O)NC2(C(=O)NCc3ncc(Nc4ccc(Cl)cc4C(F)(F)F)cc3F)CCOC2)c1. The Labute approximate surface area is 225 Å². The lowest BCUT2D eigenvalue weighted by Gasteiger charge is -2.27. The molecule has 206 valence electrons. The highest BCUT2D eigenvalue weighted by atomic mass is 35.5. The maximum atomic E-state index is 14.8. The standard InChI is InChI=1S/C25H23ClF4N6O3/c1-31-16-6-14(9-32-10-16)22(37)36-24(4-5-39-13-24)23(38)34-12-21-19(27)8-17(11-33-21)35-20-3-2-15(26)7-18(20)25(28,29)30/h2-3,6-11,31,35H,4-5,12-13H2,1H3,(H,34,38)(H,36,37). The number of aromatic nitrogens is 2. The molecule has 0 aliphatic carbocycles. The molecule has 1 fully saturated rings. The van der Waals surface area contributed by atoms with Crippen molar-refractivity contribution in [3.05, 3.63) is 76.6 Å². The number of nitrogens with one attached hydrogen (secondary N) is 4. The summed E-state index contributed by atoms with van der Waals surface area (Å²) in [7, 11) is 1.67. The Bertz CT molecular complexity index is 1380. The smallest absolute Gasteiger partial charge is 0.387 e. The predicted octanol–water partition coefficient (Wildman–Crippen LogP) is 4.28. The van der Waals surface area contributed by atoms with Gasteiger partial charge >= 0.3 is 6.18 Å². The quantitative estimate of drug-likeness (QED) is 0.301. The molecule has 14 heteroatoms. The topological polar surface area (TPSA) is 117 Å². The third-order valence-corrected chi connectivity index (χ3v) is 6.23.